The van der Waals surface area contributed by atoms with Crippen LogP contribution >= 0.6 is 0 Å². The first-order valence-electron chi connectivity index (χ1n) is 9.63. The average Bonchev–Trinajstić information content (AvgIpc) is 2.77. The third kappa shape index (κ3) is 6.88. The number of methoxy groups -OCH3 is 1. The standard InChI is InChI=1S/C24H26N2O3/c1-28-22-12-10-20(11-13-22)17-26-24(27)18-25-21-8-5-9-23(16-21)29-15-14-19-6-3-2-4-7-19/h2-13,16,25H,14-15,17-18H2,1H3,(H,26,27). The van der Waals surface area contributed by atoms with Gasteiger partial charge in [0.1, 0.15) is 11.5 Å². The van der Waals surface area contributed by atoms with Crippen LogP contribution in [-0.4, -0.2) is 26.2 Å². The van der Waals surface area contributed by atoms with Crippen LogP contribution in [0.5, 0.6) is 11.5 Å². The molecule has 0 atom stereocenters. The zero-order valence-electron chi connectivity index (χ0n) is 16.6. The van der Waals surface area contributed by atoms with Gasteiger partial charge in [0, 0.05) is 24.7 Å². The highest BCUT2D eigenvalue weighted by Crippen LogP contribution is 2.17. The van der Waals surface area contributed by atoms with E-state index in [1.54, 1.807) is 7.11 Å². The molecular formula is C24H26N2O3. The van der Waals surface area contributed by atoms with Crippen molar-refractivity contribution in [1.29, 1.82) is 0 Å². The zero-order valence-corrected chi connectivity index (χ0v) is 16.6. The van der Waals surface area contributed by atoms with Gasteiger partial charge in [0.05, 0.1) is 20.3 Å². The summed E-state index contributed by atoms with van der Waals surface area (Å²) in [5, 5.41) is 6.04. The van der Waals surface area contributed by atoms with Gasteiger partial charge in [0.2, 0.25) is 5.91 Å². The predicted octanol–water partition coefficient (Wildman–Crippen LogP) is 4.05. The summed E-state index contributed by atoms with van der Waals surface area (Å²) in [7, 11) is 1.63. The van der Waals surface area contributed by atoms with E-state index in [4.69, 9.17) is 9.47 Å². The molecule has 0 saturated heterocycles. The minimum Gasteiger partial charge on any atom is -0.497 e. The minimum atomic E-state index is -0.0729. The number of benzene rings is 3. The van der Waals surface area contributed by atoms with Gasteiger partial charge in [0.15, 0.2) is 0 Å². The molecule has 0 aliphatic carbocycles. The molecule has 0 fully saturated rings. The molecule has 0 aliphatic heterocycles. The number of nitrogens with one attached hydrogen (secondary N) is 2. The van der Waals surface area contributed by atoms with E-state index < -0.39 is 0 Å². The number of hydrogen-bond acceptors (Lipinski definition) is 4. The van der Waals surface area contributed by atoms with Gasteiger partial charge >= 0.3 is 0 Å². The van der Waals surface area contributed by atoms with Crippen molar-refractivity contribution in [3.63, 3.8) is 0 Å². The number of hydrogen-bond donors (Lipinski definition) is 2. The summed E-state index contributed by atoms with van der Waals surface area (Å²) in [6, 6.07) is 25.5. The molecule has 2 N–H and O–H groups in total. The summed E-state index contributed by atoms with van der Waals surface area (Å²) < 4.78 is 11.0. The van der Waals surface area contributed by atoms with Crippen molar-refractivity contribution >= 4 is 11.6 Å². The first-order valence-corrected chi connectivity index (χ1v) is 9.63. The highest BCUT2D eigenvalue weighted by atomic mass is 16.5. The SMILES string of the molecule is COc1ccc(CNC(=O)CNc2cccc(OCCc3ccccc3)c2)cc1. The van der Waals surface area contributed by atoms with E-state index in [1.807, 2.05) is 66.7 Å². The van der Waals surface area contributed by atoms with Crippen LogP contribution in [0.15, 0.2) is 78.9 Å². The Hall–Kier alpha value is -3.47. The Balaban J connectivity index is 1.40. The van der Waals surface area contributed by atoms with Crippen LogP contribution in [-0.2, 0) is 17.8 Å². The second kappa shape index (κ2) is 10.8. The van der Waals surface area contributed by atoms with Crippen LogP contribution in [0, 0.1) is 0 Å². The molecule has 150 valence electrons. The van der Waals surface area contributed by atoms with Gasteiger partial charge in [-0.15, -0.1) is 0 Å². The number of rotatable bonds is 10. The number of carbonyl (C=O) groups excluding carboxylic acids is 1. The van der Waals surface area contributed by atoms with Gasteiger partial charge in [-0.2, -0.15) is 0 Å². The molecular weight excluding hydrogens is 364 g/mol. The van der Waals surface area contributed by atoms with Crippen molar-refractivity contribution in [2.75, 3.05) is 25.6 Å². The van der Waals surface area contributed by atoms with Crippen LogP contribution in [0.3, 0.4) is 0 Å². The quantitative estimate of drug-likeness (QED) is 0.548. The monoisotopic (exact) mass is 390 g/mol. The van der Waals surface area contributed by atoms with Crippen molar-refractivity contribution in [2.45, 2.75) is 13.0 Å². The number of ether oxygens (including phenoxy) is 2. The molecule has 3 aromatic carbocycles. The maximum atomic E-state index is 12.1. The first-order chi connectivity index (χ1) is 14.2. The van der Waals surface area contributed by atoms with Gasteiger partial charge in [-0.05, 0) is 35.4 Å². The molecule has 0 radical (unpaired) electrons. The van der Waals surface area contributed by atoms with Crippen molar-refractivity contribution in [2.24, 2.45) is 0 Å². The summed E-state index contributed by atoms with van der Waals surface area (Å²) in [5.41, 5.74) is 3.12. The molecule has 1 amide bonds. The molecule has 0 saturated carbocycles. The molecule has 5 heteroatoms. The molecule has 3 rings (SSSR count). The topological polar surface area (TPSA) is 59.6 Å². The Morgan fingerprint density at radius 3 is 2.41 bits per heavy atom. The molecule has 5 nitrogen and oxygen atoms in total. The molecule has 3 aromatic rings. The van der Waals surface area contributed by atoms with E-state index in [0.29, 0.717) is 13.2 Å². The molecule has 0 aliphatic rings. The van der Waals surface area contributed by atoms with Gasteiger partial charge in [-0.25, -0.2) is 0 Å². The fourth-order valence-electron chi connectivity index (χ4n) is 2.82. The highest BCUT2D eigenvalue weighted by molar-refractivity contribution is 5.80. The highest BCUT2D eigenvalue weighted by Gasteiger charge is 2.03. The van der Waals surface area contributed by atoms with Crippen molar-refractivity contribution in [3.8, 4) is 11.5 Å². The second-order valence-electron chi connectivity index (χ2n) is 6.59. The van der Waals surface area contributed by atoms with Crippen LogP contribution in [0.4, 0.5) is 5.69 Å². The number of amides is 1. The Kier molecular flexibility index (Phi) is 7.52. The van der Waals surface area contributed by atoms with Gasteiger partial charge in [-0.3, -0.25) is 4.79 Å². The molecule has 0 bridgehead atoms. The van der Waals surface area contributed by atoms with E-state index in [0.717, 1.165) is 29.2 Å². The van der Waals surface area contributed by atoms with E-state index in [1.165, 1.54) is 5.56 Å². The Labute approximate surface area is 171 Å². The number of carbonyl (C=O) groups is 1. The lowest BCUT2D eigenvalue weighted by Gasteiger charge is -2.11. The largest absolute Gasteiger partial charge is 0.497 e. The minimum absolute atomic E-state index is 0.0729. The molecule has 0 unspecified atom stereocenters. The average molecular weight is 390 g/mol. The normalized spacial score (nSPS) is 10.2. The van der Waals surface area contributed by atoms with Crippen LogP contribution in [0.1, 0.15) is 11.1 Å². The van der Waals surface area contributed by atoms with Crippen molar-refractivity contribution in [1.82, 2.24) is 5.32 Å². The lowest BCUT2D eigenvalue weighted by molar-refractivity contribution is -0.119. The van der Waals surface area contributed by atoms with E-state index in [9.17, 15) is 4.79 Å². The third-order valence-electron chi connectivity index (χ3n) is 4.44. The zero-order chi connectivity index (χ0) is 20.3. The lowest BCUT2D eigenvalue weighted by atomic mass is 10.2. The lowest BCUT2D eigenvalue weighted by Crippen LogP contribution is -2.29. The van der Waals surface area contributed by atoms with Gasteiger partial charge < -0.3 is 20.1 Å². The molecule has 0 spiro atoms. The fourth-order valence-corrected chi connectivity index (χ4v) is 2.82. The van der Waals surface area contributed by atoms with Gasteiger partial charge in [-0.1, -0.05) is 48.5 Å². The maximum absolute atomic E-state index is 12.1. The fraction of sp³-hybridized carbons (Fsp3) is 0.208. The van der Waals surface area contributed by atoms with Crippen LogP contribution in [0.25, 0.3) is 0 Å². The van der Waals surface area contributed by atoms with Crippen molar-refractivity contribution < 1.29 is 14.3 Å². The van der Waals surface area contributed by atoms with Gasteiger partial charge in [0.25, 0.3) is 0 Å². The Morgan fingerprint density at radius 2 is 1.66 bits per heavy atom. The van der Waals surface area contributed by atoms with Crippen molar-refractivity contribution in [3.05, 3.63) is 90.0 Å². The van der Waals surface area contributed by atoms with E-state index in [2.05, 4.69) is 22.8 Å². The summed E-state index contributed by atoms with van der Waals surface area (Å²) in [5.74, 6) is 1.51. The Bertz CT molecular complexity index is 896. The summed E-state index contributed by atoms with van der Waals surface area (Å²) in [4.78, 5) is 12.1. The predicted molar refractivity (Wildman–Crippen MR) is 115 cm³/mol. The van der Waals surface area contributed by atoms with E-state index >= 15 is 0 Å². The molecule has 0 heterocycles. The summed E-state index contributed by atoms with van der Waals surface area (Å²) in [6.45, 7) is 1.28. The van der Waals surface area contributed by atoms with Crippen LogP contribution in [0.2, 0.25) is 0 Å². The third-order valence-corrected chi connectivity index (χ3v) is 4.44. The first kappa shape index (κ1) is 20.3. The summed E-state index contributed by atoms with van der Waals surface area (Å²) >= 11 is 0. The maximum Gasteiger partial charge on any atom is 0.239 e. The molecule has 29 heavy (non-hydrogen) atoms. The molecule has 0 aromatic heterocycles. The number of anilines is 1. The van der Waals surface area contributed by atoms with E-state index in [-0.39, 0.29) is 12.5 Å². The summed E-state index contributed by atoms with van der Waals surface area (Å²) in [6.07, 6.45) is 0.853. The smallest absolute Gasteiger partial charge is 0.239 e. The van der Waals surface area contributed by atoms with Crippen LogP contribution < -0.4 is 20.1 Å². The second-order valence-corrected chi connectivity index (χ2v) is 6.59. The Morgan fingerprint density at radius 1 is 0.862 bits per heavy atom.